The molecule has 1 aromatic heterocycles. The smallest absolute Gasteiger partial charge is 0.0701 e. The van der Waals surface area contributed by atoms with Crippen molar-refractivity contribution in [2.75, 3.05) is 13.1 Å². The van der Waals surface area contributed by atoms with E-state index in [0.717, 1.165) is 0 Å². The van der Waals surface area contributed by atoms with Crippen molar-refractivity contribution in [3.8, 4) is 0 Å². The molecule has 0 bridgehead atoms. The van der Waals surface area contributed by atoms with Gasteiger partial charge in [0.05, 0.1) is 3.79 Å². The van der Waals surface area contributed by atoms with Crippen LogP contribution in [0.15, 0.2) is 15.9 Å². The van der Waals surface area contributed by atoms with Gasteiger partial charge in [0.1, 0.15) is 0 Å². The molecule has 114 valence electrons. The van der Waals surface area contributed by atoms with Crippen LogP contribution in [0.4, 0.5) is 0 Å². The molecule has 0 aliphatic heterocycles. The lowest BCUT2D eigenvalue weighted by atomic mass is 9.69. The first-order valence-corrected chi connectivity index (χ1v) is 9.80. The van der Waals surface area contributed by atoms with Crippen molar-refractivity contribution in [2.45, 2.75) is 64.7 Å². The maximum Gasteiger partial charge on any atom is 0.0701 e. The van der Waals surface area contributed by atoms with E-state index in [9.17, 15) is 0 Å². The van der Waals surface area contributed by atoms with Gasteiger partial charge in [0.2, 0.25) is 0 Å². The summed E-state index contributed by atoms with van der Waals surface area (Å²) in [5.41, 5.74) is 0.620. The molecule has 0 unspecified atom stereocenters. The predicted molar refractivity (Wildman–Crippen MR) is 93.6 cm³/mol. The zero-order valence-electron chi connectivity index (χ0n) is 12.7. The highest BCUT2D eigenvalue weighted by atomic mass is 79.9. The molecule has 3 heteroatoms. The van der Waals surface area contributed by atoms with Gasteiger partial charge >= 0.3 is 0 Å². The van der Waals surface area contributed by atoms with E-state index in [0.29, 0.717) is 5.41 Å². The Balaban J connectivity index is 1.85. The SMILES string of the molecule is CCCNCCC1(CCc2ccc(Br)s2)CCCCC1. The van der Waals surface area contributed by atoms with E-state index in [1.165, 1.54) is 74.7 Å². The van der Waals surface area contributed by atoms with Crippen LogP contribution in [0.3, 0.4) is 0 Å². The lowest BCUT2D eigenvalue weighted by Gasteiger charge is -2.38. The van der Waals surface area contributed by atoms with E-state index < -0.39 is 0 Å². The summed E-state index contributed by atoms with van der Waals surface area (Å²) in [5.74, 6) is 0. The van der Waals surface area contributed by atoms with E-state index in [2.05, 4.69) is 40.3 Å². The van der Waals surface area contributed by atoms with E-state index in [1.54, 1.807) is 4.88 Å². The van der Waals surface area contributed by atoms with Crippen LogP contribution < -0.4 is 5.32 Å². The molecule has 1 nitrogen and oxygen atoms in total. The monoisotopic (exact) mass is 357 g/mol. The largest absolute Gasteiger partial charge is 0.317 e. The number of nitrogens with one attached hydrogen (secondary N) is 1. The lowest BCUT2D eigenvalue weighted by Crippen LogP contribution is -2.30. The van der Waals surface area contributed by atoms with E-state index in [-0.39, 0.29) is 0 Å². The normalized spacial score (nSPS) is 18.3. The van der Waals surface area contributed by atoms with Crippen LogP contribution >= 0.6 is 27.3 Å². The summed E-state index contributed by atoms with van der Waals surface area (Å²) in [6.45, 7) is 4.63. The van der Waals surface area contributed by atoms with Crippen LogP contribution in [-0.2, 0) is 6.42 Å². The number of halogens is 1. The molecule has 1 saturated carbocycles. The first kappa shape index (κ1) is 16.5. The molecule has 2 rings (SSSR count). The van der Waals surface area contributed by atoms with Crippen molar-refractivity contribution in [2.24, 2.45) is 5.41 Å². The Bertz CT molecular complexity index is 382. The summed E-state index contributed by atoms with van der Waals surface area (Å²) in [6.07, 6.45) is 12.5. The third-order valence-electron chi connectivity index (χ3n) is 4.70. The highest BCUT2D eigenvalue weighted by molar-refractivity contribution is 9.11. The highest BCUT2D eigenvalue weighted by Crippen LogP contribution is 2.43. The maximum absolute atomic E-state index is 3.60. The molecule has 1 fully saturated rings. The second kappa shape index (κ2) is 8.55. The van der Waals surface area contributed by atoms with Crippen molar-refractivity contribution in [3.63, 3.8) is 0 Å². The fourth-order valence-electron chi connectivity index (χ4n) is 3.46. The third kappa shape index (κ3) is 5.16. The summed E-state index contributed by atoms with van der Waals surface area (Å²) >= 11 is 5.49. The Hall–Kier alpha value is 0.140. The number of thiophene rings is 1. The molecule has 1 heterocycles. The minimum Gasteiger partial charge on any atom is -0.317 e. The molecule has 0 amide bonds. The summed E-state index contributed by atoms with van der Waals surface area (Å²) in [6, 6.07) is 4.48. The molecular weight excluding hydrogens is 330 g/mol. The number of rotatable bonds is 8. The third-order valence-corrected chi connectivity index (χ3v) is 6.39. The zero-order valence-corrected chi connectivity index (χ0v) is 15.1. The quantitative estimate of drug-likeness (QED) is 0.581. The Morgan fingerprint density at radius 1 is 1.15 bits per heavy atom. The molecule has 20 heavy (non-hydrogen) atoms. The fourth-order valence-corrected chi connectivity index (χ4v) is 4.94. The summed E-state index contributed by atoms with van der Waals surface area (Å²) in [5, 5.41) is 3.60. The van der Waals surface area contributed by atoms with Crippen LogP contribution in [0, 0.1) is 5.41 Å². The van der Waals surface area contributed by atoms with Gasteiger partial charge < -0.3 is 5.32 Å². The van der Waals surface area contributed by atoms with Crippen LogP contribution in [0.5, 0.6) is 0 Å². The number of hydrogen-bond acceptors (Lipinski definition) is 2. The maximum atomic E-state index is 3.60. The molecular formula is C17H28BrNS. The molecule has 1 aliphatic carbocycles. The van der Waals surface area contributed by atoms with Gasteiger partial charge in [-0.2, -0.15) is 0 Å². The van der Waals surface area contributed by atoms with Crippen LogP contribution in [0.1, 0.15) is 63.2 Å². The highest BCUT2D eigenvalue weighted by Gasteiger charge is 2.31. The lowest BCUT2D eigenvalue weighted by molar-refractivity contribution is 0.157. The first-order chi connectivity index (χ1) is 9.74. The van der Waals surface area contributed by atoms with Crippen molar-refractivity contribution >= 4 is 27.3 Å². The van der Waals surface area contributed by atoms with Crippen LogP contribution in [0.25, 0.3) is 0 Å². The van der Waals surface area contributed by atoms with Crippen LogP contribution in [-0.4, -0.2) is 13.1 Å². The van der Waals surface area contributed by atoms with Crippen molar-refractivity contribution in [3.05, 3.63) is 20.8 Å². The van der Waals surface area contributed by atoms with Crippen molar-refractivity contribution in [1.29, 1.82) is 0 Å². The van der Waals surface area contributed by atoms with Gasteiger partial charge in [-0.15, -0.1) is 11.3 Å². The molecule has 0 atom stereocenters. The molecule has 0 spiro atoms. The van der Waals surface area contributed by atoms with E-state index in [4.69, 9.17) is 0 Å². The van der Waals surface area contributed by atoms with Gasteiger partial charge in [-0.1, -0.05) is 26.2 Å². The summed E-state index contributed by atoms with van der Waals surface area (Å²) in [7, 11) is 0. The topological polar surface area (TPSA) is 12.0 Å². The van der Waals surface area contributed by atoms with Gasteiger partial charge in [-0.05, 0) is 85.1 Å². The molecule has 1 aromatic rings. The minimum atomic E-state index is 0.620. The number of hydrogen-bond donors (Lipinski definition) is 1. The van der Waals surface area contributed by atoms with Gasteiger partial charge in [-0.3, -0.25) is 0 Å². The van der Waals surface area contributed by atoms with E-state index >= 15 is 0 Å². The molecule has 1 aliphatic rings. The second-order valence-electron chi connectivity index (χ2n) is 6.27. The predicted octanol–water partition coefficient (Wildman–Crippen LogP) is 5.78. The van der Waals surface area contributed by atoms with Crippen molar-refractivity contribution < 1.29 is 0 Å². The average Bonchev–Trinajstić information content (AvgIpc) is 2.89. The molecule has 0 aromatic carbocycles. The van der Waals surface area contributed by atoms with Gasteiger partial charge in [0, 0.05) is 4.88 Å². The Morgan fingerprint density at radius 3 is 2.60 bits per heavy atom. The van der Waals surface area contributed by atoms with Gasteiger partial charge in [-0.25, -0.2) is 0 Å². The second-order valence-corrected chi connectivity index (χ2v) is 8.81. The zero-order chi connectivity index (χ0) is 14.3. The summed E-state index contributed by atoms with van der Waals surface area (Å²) in [4.78, 5) is 1.54. The Labute approximate surface area is 136 Å². The summed E-state index contributed by atoms with van der Waals surface area (Å²) < 4.78 is 1.27. The average molecular weight is 358 g/mol. The van der Waals surface area contributed by atoms with E-state index in [1.807, 2.05) is 11.3 Å². The van der Waals surface area contributed by atoms with Crippen molar-refractivity contribution in [1.82, 2.24) is 5.32 Å². The Kier molecular flexibility index (Phi) is 7.06. The fraction of sp³-hybridized carbons (Fsp3) is 0.765. The van der Waals surface area contributed by atoms with Gasteiger partial charge in [0.25, 0.3) is 0 Å². The molecule has 0 radical (unpaired) electrons. The Morgan fingerprint density at radius 2 is 1.95 bits per heavy atom. The van der Waals surface area contributed by atoms with Crippen LogP contribution in [0.2, 0.25) is 0 Å². The number of aryl methyl sites for hydroxylation is 1. The standard InChI is InChI=1S/C17H28BrNS/c1-2-13-19-14-12-17(9-4-3-5-10-17)11-8-15-6-7-16(18)20-15/h6-7,19H,2-5,8-14H2,1H3. The molecule has 0 saturated heterocycles. The molecule has 1 N–H and O–H groups in total. The minimum absolute atomic E-state index is 0.620. The van der Waals surface area contributed by atoms with Gasteiger partial charge in [0.15, 0.2) is 0 Å². The first-order valence-electron chi connectivity index (χ1n) is 8.19.